The topological polar surface area (TPSA) is 84.2 Å². The van der Waals surface area contributed by atoms with E-state index in [0.29, 0.717) is 23.7 Å². The molecule has 1 aromatic rings. The number of nitrogens with two attached hydrogens (primary N) is 1. The molecule has 1 aromatic carbocycles. The molecule has 5 nitrogen and oxygen atoms in total. The predicted octanol–water partition coefficient (Wildman–Crippen LogP) is 1.05. The quantitative estimate of drug-likeness (QED) is 0.652. The first kappa shape index (κ1) is 14.0. The van der Waals surface area contributed by atoms with Crippen LogP contribution in [-0.2, 0) is 10.0 Å². The van der Waals surface area contributed by atoms with Crippen molar-refractivity contribution >= 4 is 15.7 Å². The van der Waals surface area contributed by atoms with E-state index in [4.69, 9.17) is 5.73 Å². The molecular weight excluding hydrogens is 262 g/mol. The first-order valence-corrected chi connectivity index (χ1v) is 7.82. The molecule has 1 aliphatic rings. The van der Waals surface area contributed by atoms with Crippen LogP contribution in [0.5, 0.6) is 0 Å². The standard InChI is InChI=1S/C13H19N3O2S/c14-9-3-4-10-15-12-5-1-2-6-13(12)19(17,18)16-11-7-8-11/h1-6,11,15-16H,7-10,14H2/b4-3+. The van der Waals surface area contributed by atoms with Gasteiger partial charge in [0.2, 0.25) is 10.0 Å². The molecule has 0 amide bonds. The Morgan fingerprint density at radius 2 is 2.00 bits per heavy atom. The van der Waals surface area contributed by atoms with Gasteiger partial charge in [0.15, 0.2) is 0 Å². The fourth-order valence-corrected chi connectivity index (χ4v) is 3.17. The summed E-state index contributed by atoms with van der Waals surface area (Å²) >= 11 is 0. The number of nitrogens with one attached hydrogen (secondary N) is 2. The molecule has 1 fully saturated rings. The molecule has 0 heterocycles. The minimum absolute atomic E-state index is 0.107. The van der Waals surface area contributed by atoms with Crippen LogP contribution in [0.3, 0.4) is 0 Å². The lowest BCUT2D eigenvalue weighted by Crippen LogP contribution is -2.26. The third-order valence-electron chi connectivity index (χ3n) is 2.79. The zero-order valence-corrected chi connectivity index (χ0v) is 11.5. The fraction of sp³-hybridized carbons (Fsp3) is 0.385. The summed E-state index contributed by atoms with van der Waals surface area (Å²) in [6.45, 7) is 1.03. The van der Waals surface area contributed by atoms with Crippen LogP contribution < -0.4 is 15.8 Å². The van der Waals surface area contributed by atoms with E-state index >= 15 is 0 Å². The molecule has 1 saturated carbocycles. The van der Waals surface area contributed by atoms with Gasteiger partial charge in [-0.15, -0.1) is 0 Å². The molecule has 1 aliphatic carbocycles. The lowest BCUT2D eigenvalue weighted by atomic mass is 10.3. The van der Waals surface area contributed by atoms with Gasteiger partial charge in [-0.3, -0.25) is 0 Å². The van der Waals surface area contributed by atoms with Crippen molar-refractivity contribution in [1.29, 1.82) is 0 Å². The number of para-hydroxylation sites is 1. The molecule has 0 aromatic heterocycles. The van der Waals surface area contributed by atoms with Crippen LogP contribution in [0.2, 0.25) is 0 Å². The Morgan fingerprint density at radius 3 is 2.68 bits per heavy atom. The zero-order valence-electron chi connectivity index (χ0n) is 10.7. The van der Waals surface area contributed by atoms with Crippen molar-refractivity contribution in [3.8, 4) is 0 Å². The van der Waals surface area contributed by atoms with E-state index in [1.54, 1.807) is 18.2 Å². The summed E-state index contributed by atoms with van der Waals surface area (Å²) in [6.07, 6.45) is 5.55. The van der Waals surface area contributed by atoms with Crippen LogP contribution >= 0.6 is 0 Å². The third kappa shape index (κ3) is 4.05. The average Bonchev–Trinajstić information content (AvgIpc) is 3.18. The highest BCUT2D eigenvalue weighted by Crippen LogP contribution is 2.25. The summed E-state index contributed by atoms with van der Waals surface area (Å²) in [6, 6.07) is 7.01. The molecule has 2 rings (SSSR count). The van der Waals surface area contributed by atoms with Gasteiger partial charge in [0.1, 0.15) is 4.90 Å². The molecule has 0 bridgehead atoms. The van der Waals surface area contributed by atoms with Crippen LogP contribution in [0.15, 0.2) is 41.3 Å². The SMILES string of the molecule is NC/C=C/CNc1ccccc1S(=O)(=O)NC1CC1. The van der Waals surface area contributed by atoms with E-state index in [1.807, 2.05) is 18.2 Å². The average molecular weight is 281 g/mol. The normalized spacial score (nSPS) is 15.8. The van der Waals surface area contributed by atoms with Gasteiger partial charge < -0.3 is 11.1 Å². The van der Waals surface area contributed by atoms with Gasteiger partial charge in [-0.1, -0.05) is 24.3 Å². The molecule has 0 saturated heterocycles. The van der Waals surface area contributed by atoms with E-state index in [9.17, 15) is 8.42 Å². The number of anilines is 1. The number of hydrogen-bond donors (Lipinski definition) is 3. The lowest BCUT2D eigenvalue weighted by molar-refractivity contribution is 0.581. The summed E-state index contributed by atoms with van der Waals surface area (Å²) in [4.78, 5) is 0.294. The second-order valence-electron chi connectivity index (χ2n) is 4.48. The van der Waals surface area contributed by atoms with Gasteiger partial charge in [-0.2, -0.15) is 0 Å². The zero-order chi connectivity index (χ0) is 13.7. The summed E-state index contributed by atoms with van der Waals surface area (Å²) in [7, 11) is -3.43. The van der Waals surface area contributed by atoms with Crippen molar-refractivity contribution in [3.63, 3.8) is 0 Å². The van der Waals surface area contributed by atoms with Crippen molar-refractivity contribution < 1.29 is 8.42 Å². The molecule has 0 radical (unpaired) electrons. The maximum absolute atomic E-state index is 12.2. The second kappa shape index (κ2) is 6.18. The Kier molecular flexibility index (Phi) is 4.57. The maximum Gasteiger partial charge on any atom is 0.242 e. The number of rotatable bonds is 7. The van der Waals surface area contributed by atoms with Crippen LogP contribution in [-0.4, -0.2) is 27.5 Å². The highest BCUT2D eigenvalue weighted by atomic mass is 32.2. The molecule has 0 unspecified atom stereocenters. The largest absolute Gasteiger partial charge is 0.380 e. The van der Waals surface area contributed by atoms with E-state index in [0.717, 1.165) is 12.8 Å². The summed E-state index contributed by atoms with van der Waals surface area (Å²) in [5.74, 6) is 0. The molecule has 0 atom stereocenters. The van der Waals surface area contributed by atoms with Crippen molar-refractivity contribution in [2.45, 2.75) is 23.8 Å². The Hall–Kier alpha value is -1.37. The summed E-state index contributed by atoms with van der Waals surface area (Å²) in [5.41, 5.74) is 5.96. The van der Waals surface area contributed by atoms with Gasteiger partial charge in [0, 0.05) is 19.1 Å². The van der Waals surface area contributed by atoms with Crippen molar-refractivity contribution in [1.82, 2.24) is 4.72 Å². The Balaban J connectivity index is 2.12. The molecule has 19 heavy (non-hydrogen) atoms. The minimum atomic E-state index is -3.43. The van der Waals surface area contributed by atoms with E-state index in [2.05, 4.69) is 10.0 Å². The fourth-order valence-electron chi connectivity index (χ4n) is 1.68. The Bertz CT molecular complexity index is 551. The maximum atomic E-state index is 12.2. The number of benzene rings is 1. The third-order valence-corrected chi connectivity index (χ3v) is 4.37. The highest BCUT2D eigenvalue weighted by molar-refractivity contribution is 7.89. The summed E-state index contributed by atoms with van der Waals surface area (Å²) < 4.78 is 27.1. The Labute approximate surface area is 113 Å². The van der Waals surface area contributed by atoms with Crippen LogP contribution in [0.1, 0.15) is 12.8 Å². The van der Waals surface area contributed by atoms with Gasteiger partial charge in [-0.05, 0) is 25.0 Å². The van der Waals surface area contributed by atoms with Gasteiger partial charge in [0.05, 0.1) is 5.69 Å². The minimum Gasteiger partial charge on any atom is -0.380 e. The molecule has 6 heteroatoms. The van der Waals surface area contributed by atoms with Gasteiger partial charge in [0.25, 0.3) is 0 Å². The van der Waals surface area contributed by atoms with Crippen LogP contribution in [0.25, 0.3) is 0 Å². The Morgan fingerprint density at radius 1 is 1.26 bits per heavy atom. The second-order valence-corrected chi connectivity index (χ2v) is 6.16. The van der Waals surface area contributed by atoms with Crippen molar-refractivity contribution in [2.75, 3.05) is 18.4 Å². The predicted molar refractivity (Wildman–Crippen MR) is 76.5 cm³/mol. The molecule has 0 aliphatic heterocycles. The van der Waals surface area contributed by atoms with E-state index < -0.39 is 10.0 Å². The van der Waals surface area contributed by atoms with Crippen LogP contribution in [0.4, 0.5) is 5.69 Å². The van der Waals surface area contributed by atoms with E-state index in [1.165, 1.54) is 0 Å². The monoisotopic (exact) mass is 281 g/mol. The smallest absolute Gasteiger partial charge is 0.242 e. The highest BCUT2D eigenvalue weighted by Gasteiger charge is 2.29. The molecule has 104 valence electrons. The van der Waals surface area contributed by atoms with Crippen molar-refractivity contribution in [2.24, 2.45) is 5.73 Å². The first-order chi connectivity index (χ1) is 9.13. The molecule has 4 N–H and O–H groups in total. The van der Waals surface area contributed by atoms with E-state index in [-0.39, 0.29) is 6.04 Å². The molecular formula is C13H19N3O2S. The van der Waals surface area contributed by atoms with Crippen molar-refractivity contribution in [3.05, 3.63) is 36.4 Å². The summed E-state index contributed by atoms with van der Waals surface area (Å²) in [5, 5.41) is 3.09. The van der Waals surface area contributed by atoms with Gasteiger partial charge in [-0.25, -0.2) is 13.1 Å². The first-order valence-electron chi connectivity index (χ1n) is 6.34. The lowest BCUT2D eigenvalue weighted by Gasteiger charge is -2.11. The molecule has 0 spiro atoms. The van der Waals surface area contributed by atoms with Crippen LogP contribution in [0, 0.1) is 0 Å². The van der Waals surface area contributed by atoms with Gasteiger partial charge >= 0.3 is 0 Å². The number of sulfonamides is 1. The number of hydrogen-bond acceptors (Lipinski definition) is 4.